The van der Waals surface area contributed by atoms with Crippen LogP contribution >= 0.6 is 0 Å². The monoisotopic (exact) mass is 287 g/mol. The molecule has 0 radical (unpaired) electrons. The van der Waals surface area contributed by atoms with E-state index < -0.39 is 13.0 Å². The van der Waals surface area contributed by atoms with Gasteiger partial charge in [-0.3, -0.25) is 0 Å². The number of hydrogen-bond donors (Lipinski definition) is 2. The third-order valence-corrected chi connectivity index (χ3v) is 2.84. The zero-order chi connectivity index (χ0) is 14.4. The first-order chi connectivity index (χ1) is 9.65. The fourth-order valence-electron chi connectivity index (χ4n) is 1.57. The molecular weight excluding hydrogens is 268 g/mol. The van der Waals surface area contributed by atoms with Crippen LogP contribution in [0.1, 0.15) is 12.8 Å². The minimum atomic E-state index is -2.44. The van der Waals surface area contributed by atoms with Gasteiger partial charge in [-0.1, -0.05) is 0 Å². The van der Waals surface area contributed by atoms with Crippen LogP contribution in [0.25, 0.3) is 0 Å². The minimum absolute atomic E-state index is 0.189. The lowest BCUT2D eigenvalue weighted by Crippen LogP contribution is -2.14. The van der Waals surface area contributed by atoms with Gasteiger partial charge in [-0.15, -0.1) is 0 Å². The number of nitrogens with one attached hydrogen (secondary N) is 1. The number of nitrogens with zero attached hydrogens (tertiary/aromatic N) is 1. The van der Waals surface area contributed by atoms with Crippen LogP contribution in [-0.4, -0.2) is 37.8 Å². The Morgan fingerprint density at radius 3 is 2.90 bits per heavy atom. The minimum Gasteiger partial charge on any atom is -0.476 e. The Hall–Kier alpha value is -1.63. The lowest BCUT2D eigenvalue weighted by molar-refractivity contribution is 0.0215. The predicted octanol–water partition coefficient (Wildman–Crippen LogP) is 2.15. The van der Waals surface area contributed by atoms with E-state index in [0.29, 0.717) is 36.5 Å². The number of nitrogen functional groups attached to an aromatic ring is 1. The average molecular weight is 287 g/mol. The SMILES string of the molecule is Nc1ccc(NCCOCC(F)F)nc1OCC1CC1. The summed E-state index contributed by atoms with van der Waals surface area (Å²) in [5.74, 6) is 1.62. The molecule has 1 fully saturated rings. The van der Waals surface area contributed by atoms with Gasteiger partial charge in [-0.05, 0) is 30.9 Å². The van der Waals surface area contributed by atoms with Crippen molar-refractivity contribution in [3.8, 4) is 5.88 Å². The number of halogens is 2. The van der Waals surface area contributed by atoms with Crippen LogP contribution in [0.2, 0.25) is 0 Å². The van der Waals surface area contributed by atoms with E-state index in [0.717, 1.165) is 0 Å². The summed E-state index contributed by atoms with van der Waals surface area (Å²) in [4.78, 5) is 4.24. The van der Waals surface area contributed by atoms with Crippen LogP contribution < -0.4 is 15.8 Å². The van der Waals surface area contributed by atoms with Crippen molar-refractivity contribution in [2.24, 2.45) is 5.92 Å². The van der Waals surface area contributed by atoms with E-state index in [1.165, 1.54) is 12.8 Å². The molecule has 0 aliphatic heterocycles. The predicted molar refractivity (Wildman–Crippen MR) is 72.2 cm³/mol. The molecule has 112 valence electrons. The molecule has 5 nitrogen and oxygen atoms in total. The zero-order valence-electron chi connectivity index (χ0n) is 11.1. The van der Waals surface area contributed by atoms with Crippen molar-refractivity contribution in [2.75, 3.05) is 37.4 Å². The summed E-state index contributed by atoms with van der Waals surface area (Å²) in [6, 6.07) is 3.42. The molecular formula is C13H19F2N3O2. The standard InChI is InChI=1S/C13H19F2N3O2/c14-11(15)8-19-6-5-17-12-4-3-10(16)13(18-12)20-7-9-1-2-9/h3-4,9,11H,1-2,5-8,16H2,(H,17,18). The van der Waals surface area contributed by atoms with E-state index in [1.54, 1.807) is 12.1 Å². The highest BCUT2D eigenvalue weighted by Gasteiger charge is 2.22. The van der Waals surface area contributed by atoms with Crippen LogP contribution in [0.3, 0.4) is 0 Å². The Kier molecular flexibility index (Phi) is 5.34. The Balaban J connectivity index is 1.74. The van der Waals surface area contributed by atoms with Gasteiger partial charge in [-0.25, -0.2) is 8.78 Å². The van der Waals surface area contributed by atoms with E-state index in [9.17, 15) is 8.78 Å². The lowest BCUT2D eigenvalue weighted by Gasteiger charge is -2.10. The average Bonchev–Trinajstić information content (AvgIpc) is 3.22. The van der Waals surface area contributed by atoms with Crippen molar-refractivity contribution < 1.29 is 18.3 Å². The van der Waals surface area contributed by atoms with E-state index >= 15 is 0 Å². The summed E-state index contributed by atoms with van der Waals surface area (Å²) in [5, 5.41) is 2.97. The third kappa shape index (κ3) is 5.16. The second-order valence-electron chi connectivity index (χ2n) is 4.74. The smallest absolute Gasteiger partial charge is 0.261 e. The molecule has 0 amide bonds. The summed E-state index contributed by atoms with van der Waals surface area (Å²) in [7, 11) is 0. The van der Waals surface area contributed by atoms with Gasteiger partial charge >= 0.3 is 0 Å². The molecule has 1 aliphatic carbocycles. The summed E-state index contributed by atoms with van der Waals surface area (Å²) in [6.45, 7) is 0.672. The molecule has 1 aromatic heterocycles. The maximum absolute atomic E-state index is 11.8. The number of rotatable bonds is 9. The van der Waals surface area contributed by atoms with Crippen LogP contribution in [0.4, 0.5) is 20.3 Å². The number of aromatic nitrogens is 1. The van der Waals surface area contributed by atoms with Gasteiger partial charge in [0.05, 0.1) is 18.9 Å². The second kappa shape index (κ2) is 7.23. The van der Waals surface area contributed by atoms with Gasteiger partial charge in [0.2, 0.25) is 5.88 Å². The van der Waals surface area contributed by atoms with Gasteiger partial charge in [0, 0.05) is 6.54 Å². The fourth-order valence-corrected chi connectivity index (χ4v) is 1.57. The maximum atomic E-state index is 11.8. The van der Waals surface area contributed by atoms with Crippen molar-refractivity contribution in [2.45, 2.75) is 19.3 Å². The largest absolute Gasteiger partial charge is 0.476 e. The number of nitrogens with two attached hydrogens (primary N) is 1. The Bertz CT molecular complexity index is 428. The molecule has 1 saturated carbocycles. The fraction of sp³-hybridized carbons (Fsp3) is 0.615. The molecule has 1 heterocycles. The molecule has 0 saturated heterocycles. The Labute approximate surface area is 116 Å². The molecule has 3 N–H and O–H groups in total. The quantitative estimate of drug-likeness (QED) is 0.681. The summed E-state index contributed by atoms with van der Waals surface area (Å²) < 4.78 is 34.0. The molecule has 2 rings (SSSR count). The van der Waals surface area contributed by atoms with Crippen LogP contribution in [0.15, 0.2) is 12.1 Å². The van der Waals surface area contributed by atoms with Crippen molar-refractivity contribution in [3.05, 3.63) is 12.1 Å². The first-order valence-electron chi connectivity index (χ1n) is 6.64. The lowest BCUT2D eigenvalue weighted by atomic mass is 10.4. The highest BCUT2D eigenvalue weighted by molar-refractivity contribution is 5.53. The van der Waals surface area contributed by atoms with Gasteiger partial charge in [0.15, 0.2) is 0 Å². The van der Waals surface area contributed by atoms with Gasteiger partial charge < -0.3 is 20.5 Å². The van der Waals surface area contributed by atoms with Crippen molar-refractivity contribution in [3.63, 3.8) is 0 Å². The van der Waals surface area contributed by atoms with E-state index in [4.69, 9.17) is 15.2 Å². The summed E-state index contributed by atoms with van der Waals surface area (Å²) in [6.07, 6.45) is -0.0504. The van der Waals surface area contributed by atoms with Gasteiger partial charge in [0.25, 0.3) is 6.43 Å². The summed E-state index contributed by atoms with van der Waals surface area (Å²) >= 11 is 0. The van der Waals surface area contributed by atoms with Crippen LogP contribution in [0.5, 0.6) is 5.88 Å². The molecule has 7 heteroatoms. The van der Waals surface area contributed by atoms with E-state index in [-0.39, 0.29) is 6.61 Å². The number of ether oxygens (including phenoxy) is 2. The number of pyridine rings is 1. The van der Waals surface area contributed by atoms with E-state index in [2.05, 4.69) is 10.3 Å². The van der Waals surface area contributed by atoms with E-state index in [1.807, 2.05) is 0 Å². The van der Waals surface area contributed by atoms with Gasteiger partial charge in [0.1, 0.15) is 12.4 Å². The van der Waals surface area contributed by atoms with Crippen molar-refractivity contribution >= 4 is 11.5 Å². The Morgan fingerprint density at radius 1 is 1.40 bits per heavy atom. The molecule has 0 aromatic carbocycles. The Morgan fingerprint density at radius 2 is 2.20 bits per heavy atom. The zero-order valence-corrected chi connectivity index (χ0v) is 11.1. The molecule has 0 bridgehead atoms. The number of anilines is 2. The first-order valence-corrected chi connectivity index (χ1v) is 6.64. The molecule has 1 aromatic rings. The molecule has 0 spiro atoms. The topological polar surface area (TPSA) is 69.4 Å². The molecule has 0 atom stereocenters. The van der Waals surface area contributed by atoms with Gasteiger partial charge in [-0.2, -0.15) is 4.98 Å². The highest BCUT2D eigenvalue weighted by Crippen LogP contribution is 2.30. The van der Waals surface area contributed by atoms with Crippen molar-refractivity contribution in [1.82, 2.24) is 4.98 Å². The highest BCUT2D eigenvalue weighted by atomic mass is 19.3. The molecule has 0 unspecified atom stereocenters. The molecule has 20 heavy (non-hydrogen) atoms. The molecule has 1 aliphatic rings. The first kappa shape index (κ1) is 14.8. The maximum Gasteiger partial charge on any atom is 0.261 e. The summed E-state index contributed by atoms with van der Waals surface area (Å²) in [5.41, 5.74) is 6.27. The van der Waals surface area contributed by atoms with Crippen molar-refractivity contribution in [1.29, 1.82) is 0 Å². The third-order valence-electron chi connectivity index (χ3n) is 2.84. The number of alkyl halides is 2. The normalized spacial score (nSPS) is 14.6. The number of hydrogen-bond acceptors (Lipinski definition) is 5. The van der Waals surface area contributed by atoms with Crippen LogP contribution in [-0.2, 0) is 4.74 Å². The second-order valence-corrected chi connectivity index (χ2v) is 4.74. The van der Waals surface area contributed by atoms with Crippen LogP contribution in [0, 0.1) is 5.92 Å².